The van der Waals surface area contributed by atoms with Crippen LogP contribution in [0.5, 0.6) is 0 Å². The molecule has 1 aromatic heterocycles. The van der Waals surface area contributed by atoms with Crippen molar-refractivity contribution in [1.82, 2.24) is 0 Å². The van der Waals surface area contributed by atoms with E-state index in [4.69, 9.17) is 0 Å². The Morgan fingerprint density at radius 1 is 0.269 bits per heavy atom. The second-order valence-corrected chi connectivity index (χ2v) is 14.5. The highest BCUT2D eigenvalue weighted by molar-refractivity contribution is 7.25. The van der Waals surface area contributed by atoms with Crippen molar-refractivity contribution in [3.8, 4) is 33.4 Å². The predicted octanol–water partition coefficient (Wildman–Crippen LogP) is 14.8. The van der Waals surface area contributed by atoms with Crippen LogP contribution in [0.2, 0.25) is 0 Å². The molecule has 0 aliphatic heterocycles. The highest BCUT2D eigenvalue weighted by Gasteiger charge is 2.16. The molecule has 0 amide bonds. The molecule has 1 nitrogen and oxygen atoms in total. The zero-order valence-electron chi connectivity index (χ0n) is 28.4. The summed E-state index contributed by atoms with van der Waals surface area (Å²) in [7, 11) is 0. The van der Waals surface area contributed by atoms with Crippen molar-refractivity contribution in [2.24, 2.45) is 0 Å². The van der Waals surface area contributed by atoms with E-state index in [-0.39, 0.29) is 0 Å². The Kier molecular flexibility index (Phi) is 7.41. The predicted molar refractivity (Wildman–Crippen MR) is 225 cm³/mol. The highest BCUT2D eigenvalue weighted by atomic mass is 32.1. The number of benzene rings is 9. The Morgan fingerprint density at radius 2 is 0.673 bits per heavy atom. The van der Waals surface area contributed by atoms with Gasteiger partial charge in [-0.1, -0.05) is 133 Å². The number of fused-ring (bicyclic) bond motifs is 5. The first kappa shape index (κ1) is 30.4. The van der Waals surface area contributed by atoms with Crippen LogP contribution in [-0.2, 0) is 0 Å². The van der Waals surface area contributed by atoms with Crippen LogP contribution in [0, 0.1) is 0 Å². The summed E-state index contributed by atoms with van der Waals surface area (Å²) < 4.78 is 2.60. The quantitative estimate of drug-likeness (QED) is 0.169. The van der Waals surface area contributed by atoms with E-state index < -0.39 is 0 Å². The third-order valence-electron chi connectivity index (χ3n) is 10.2. The molecule has 0 fully saturated rings. The van der Waals surface area contributed by atoms with Crippen LogP contribution in [0.1, 0.15) is 0 Å². The van der Waals surface area contributed by atoms with E-state index in [9.17, 15) is 0 Å². The second-order valence-electron chi connectivity index (χ2n) is 13.4. The summed E-state index contributed by atoms with van der Waals surface area (Å²) in [6.45, 7) is 0. The molecule has 0 saturated carbocycles. The normalized spacial score (nSPS) is 11.5. The minimum atomic E-state index is 1.12. The number of rotatable bonds is 6. The largest absolute Gasteiger partial charge is 0.310 e. The lowest BCUT2D eigenvalue weighted by Gasteiger charge is -2.26. The van der Waals surface area contributed by atoms with Crippen LogP contribution in [0.3, 0.4) is 0 Å². The van der Waals surface area contributed by atoms with Crippen molar-refractivity contribution in [2.45, 2.75) is 0 Å². The Hall–Kier alpha value is -6.48. The van der Waals surface area contributed by atoms with Gasteiger partial charge in [0.2, 0.25) is 0 Å². The molecular formula is C50H33NS. The van der Waals surface area contributed by atoms with E-state index >= 15 is 0 Å². The molecule has 0 aliphatic rings. The number of hydrogen-bond donors (Lipinski definition) is 0. The molecule has 0 saturated heterocycles. The lowest BCUT2D eigenvalue weighted by molar-refractivity contribution is 1.29. The number of hydrogen-bond acceptors (Lipinski definition) is 2. The van der Waals surface area contributed by atoms with Gasteiger partial charge in [0, 0.05) is 37.2 Å². The molecule has 10 aromatic rings. The van der Waals surface area contributed by atoms with Crippen molar-refractivity contribution in [1.29, 1.82) is 0 Å². The molecule has 52 heavy (non-hydrogen) atoms. The first-order valence-corrected chi connectivity index (χ1v) is 18.6. The summed E-state index contributed by atoms with van der Waals surface area (Å²) in [6.07, 6.45) is 0. The van der Waals surface area contributed by atoms with Crippen LogP contribution in [0.25, 0.3) is 75.1 Å². The number of anilines is 3. The second kappa shape index (κ2) is 12.7. The van der Waals surface area contributed by atoms with Gasteiger partial charge in [0.25, 0.3) is 0 Å². The fraction of sp³-hybridized carbons (Fsp3) is 0. The first-order chi connectivity index (χ1) is 25.7. The molecule has 0 spiro atoms. The van der Waals surface area contributed by atoms with Crippen LogP contribution in [0.15, 0.2) is 200 Å². The van der Waals surface area contributed by atoms with E-state index in [0.717, 1.165) is 17.1 Å². The molecule has 0 bridgehead atoms. The molecule has 2 heteroatoms. The molecule has 0 aliphatic carbocycles. The van der Waals surface area contributed by atoms with Gasteiger partial charge in [-0.2, -0.15) is 0 Å². The van der Waals surface area contributed by atoms with E-state index in [2.05, 4.69) is 205 Å². The molecule has 10 rings (SSSR count). The lowest BCUT2D eigenvalue weighted by Crippen LogP contribution is -2.09. The van der Waals surface area contributed by atoms with E-state index in [1.807, 2.05) is 11.3 Å². The van der Waals surface area contributed by atoms with Crippen molar-refractivity contribution in [3.05, 3.63) is 200 Å². The zero-order chi connectivity index (χ0) is 34.4. The summed E-state index contributed by atoms with van der Waals surface area (Å²) in [4.78, 5) is 2.39. The van der Waals surface area contributed by atoms with Crippen molar-refractivity contribution >= 4 is 70.1 Å². The molecule has 244 valence electrons. The van der Waals surface area contributed by atoms with Crippen LogP contribution in [-0.4, -0.2) is 0 Å². The molecule has 0 atom stereocenters. The van der Waals surface area contributed by atoms with Gasteiger partial charge in [0.05, 0.1) is 0 Å². The fourth-order valence-corrected chi connectivity index (χ4v) is 8.57. The van der Waals surface area contributed by atoms with E-state index in [0.29, 0.717) is 0 Å². The zero-order valence-corrected chi connectivity index (χ0v) is 29.2. The molecule has 0 radical (unpaired) electrons. The van der Waals surface area contributed by atoms with Crippen molar-refractivity contribution < 1.29 is 0 Å². The van der Waals surface area contributed by atoms with Crippen molar-refractivity contribution in [3.63, 3.8) is 0 Å². The third kappa shape index (κ3) is 5.51. The maximum absolute atomic E-state index is 2.39. The van der Waals surface area contributed by atoms with Gasteiger partial charge < -0.3 is 4.90 Å². The van der Waals surface area contributed by atoms with Crippen molar-refractivity contribution in [2.75, 3.05) is 4.90 Å². The minimum Gasteiger partial charge on any atom is -0.310 e. The van der Waals surface area contributed by atoms with Gasteiger partial charge in [-0.3, -0.25) is 0 Å². The highest BCUT2D eigenvalue weighted by Crippen LogP contribution is 2.42. The van der Waals surface area contributed by atoms with Crippen LogP contribution >= 0.6 is 11.3 Å². The molecule has 1 heterocycles. The molecule has 0 unspecified atom stereocenters. The molecular weight excluding hydrogens is 647 g/mol. The maximum atomic E-state index is 2.39. The topological polar surface area (TPSA) is 3.24 Å². The first-order valence-electron chi connectivity index (χ1n) is 17.7. The van der Waals surface area contributed by atoms with Gasteiger partial charge in [0.1, 0.15) is 0 Å². The summed E-state index contributed by atoms with van der Waals surface area (Å²) in [5, 5.41) is 7.59. The summed E-state index contributed by atoms with van der Waals surface area (Å²) in [6, 6.07) is 73.0. The Bertz CT molecular complexity index is 2760. The summed E-state index contributed by atoms with van der Waals surface area (Å²) in [5.41, 5.74) is 10.7. The SMILES string of the molecule is c1ccc(-c2ccc3sc4ccc(N(c5ccc(-c6ccc7ccccc7c6)cc5)c5ccc(-c6ccc7ccccc7c6)cc5)cc4c3c2)cc1. The third-order valence-corrected chi connectivity index (χ3v) is 11.4. The summed E-state index contributed by atoms with van der Waals surface area (Å²) in [5.74, 6) is 0. The fourth-order valence-electron chi connectivity index (χ4n) is 7.51. The number of thiophene rings is 1. The van der Waals surface area contributed by atoms with Gasteiger partial charge in [0.15, 0.2) is 0 Å². The van der Waals surface area contributed by atoms with Crippen LogP contribution in [0.4, 0.5) is 17.1 Å². The molecule has 9 aromatic carbocycles. The van der Waals surface area contributed by atoms with Gasteiger partial charge in [-0.15, -0.1) is 11.3 Å². The Morgan fingerprint density at radius 3 is 1.25 bits per heavy atom. The molecule has 0 N–H and O–H groups in total. The smallest absolute Gasteiger partial charge is 0.0468 e. The Labute approximate surface area is 307 Å². The average Bonchev–Trinajstić information content (AvgIpc) is 3.59. The summed E-state index contributed by atoms with van der Waals surface area (Å²) >= 11 is 1.86. The standard InChI is InChI=1S/C50H33NS/c1-2-8-34(9-3-1)43-22-28-49-47(32-43)48-33-46(27-29-50(48)52-49)51(44-23-18-37(19-24-44)41-16-14-35-10-4-6-12-39(35)30-41)45-25-20-38(21-26-45)42-17-15-36-11-5-7-13-40(36)31-42/h1-33H. The maximum Gasteiger partial charge on any atom is 0.0468 e. The van der Waals surface area contributed by atoms with Gasteiger partial charge >= 0.3 is 0 Å². The minimum absolute atomic E-state index is 1.12. The average molecular weight is 680 g/mol. The van der Waals surface area contributed by atoms with Gasteiger partial charge in [-0.25, -0.2) is 0 Å². The van der Waals surface area contributed by atoms with E-state index in [1.165, 1.54) is 75.1 Å². The monoisotopic (exact) mass is 679 g/mol. The lowest BCUT2D eigenvalue weighted by atomic mass is 10.00. The van der Waals surface area contributed by atoms with Crippen LogP contribution < -0.4 is 4.90 Å². The Balaban J connectivity index is 1.08. The van der Waals surface area contributed by atoms with Gasteiger partial charge in [-0.05, 0) is 122 Å². The number of nitrogens with zero attached hydrogens (tertiary/aromatic N) is 1. The van der Waals surface area contributed by atoms with E-state index in [1.54, 1.807) is 0 Å².